The Labute approximate surface area is 279 Å². The second kappa shape index (κ2) is 15.2. The number of aromatic nitrogens is 4. The van der Waals surface area contributed by atoms with E-state index in [-0.39, 0.29) is 22.5 Å². The SMILES string of the molecule is COC(=O)c1cc(/C=C/C(C)(C)C)nn1Cc1c(C)cccc1C.Cc1cccc(C)c1Cn1nc(/C=C/C(C)(C)C)cc1C(=O)O. The smallest absolute Gasteiger partial charge is 0.356 e. The highest BCUT2D eigenvalue weighted by atomic mass is 16.5. The van der Waals surface area contributed by atoms with Gasteiger partial charge in [0, 0.05) is 0 Å². The highest BCUT2D eigenvalue weighted by Crippen LogP contribution is 2.21. The molecular weight excluding hydrogens is 588 g/mol. The lowest BCUT2D eigenvalue weighted by atomic mass is 9.96. The Morgan fingerprint density at radius 1 is 0.702 bits per heavy atom. The number of carboxylic acids is 1. The van der Waals surface area contributed by atoms with E-state index in [1.165, 1.54) is 23.8 Å². The number of carboxylic acid groups (broad SMARTS) is 1. The summed E-state index contributed by atoms with van der Waals surface area (Å²) < 4.78 is 8.21. The molecule has 47 heavy (non-hydrogen) atoms. The molecule has 8 nitrogen and oxygen atoms in total. The van der Waals surface area contributed by atoms with Crippen molar-refractivity contribution in [3.63, 3.8) is 0 Å². The predicted octanol–water partition coefficient (Wildman–Crippen LogP) is 8.70. The minimum absolute atomic E-state index is 0.0276. The molecule has 0 spiro atoms. The molecule has 250 valence electrons. The Morgan fingerprint density at radius 3 is 1.40 bits per heavy atom. The van der Waals surface area contributed by atoms with Crippen LogP contribution in [0.2, 0.25) is 0 Å². The minimum Gasteiger partial charge on any atom is -0.477 e. The number of carbonyl (C=O) groups excluding carboxylic acids is 1. The van der Waals surface area contributed by atoms with Gasteiger partial charge >= 0.3 is 11.9 Å². The molecule has 0 aliphatic carbocycles. The summed E-state index contributed by atoms with van der Waals surface area (Å²) in [6.45, 7) is 21.9. The normalized spacial score (nSPS) is 12.0. The van der Waals surface area contributed by atoms with Gasteiger partial charge in [0.25, 0.3) is 0 Å². The maximum Gasteiger partial charge on any atom is 0.356 e. The molecule has 0 aliphatic rings. The average molecular weight is 639 g/mol. The first-order chi connectivity index (χ1) is 21.9. The molecule has 0 saturated carbocycles. The number of aryl methyl sites for hydroxylation is 4. The molecule has 0 saturated heterocycles. The Hall–Kier alpha value is -4.72. The lowest BCUT2D eigenvalue weighted by Crippen LogP contribution is -2.14. The second-order valence-electron chi connectivity index (χ2n) is 14.2. The van der Waals surface area contributed by atoms with E-state index in [4.69, 9.17) is 4.74 Å². The summed E-state index contributed by atoms with van der Waals surface area (Å²) in [6, 6.07) is 15.7. The maximum absolute atomic E-state index is 12.1. The largest absolute Gasteiger partial charge is 0.477 e. The number of benzene rings is 2. The van der Waals surface area contributed by atoms with Crippen molar-refractivity contribution >= 4 is 24.1 Å². The Balaban J connectivity index is 0.000000256. The van der Waals surface area contributed by atoms with Crippen LogP contribution in [0.5, 0.6) is 0 Å². The monoisotopic (exact) mass is 638 g/mol. The van der Waals surface area contributed by atoms with Crippen LogP contribution in [0.15, 0.2) is 60.7 Å². The lowest BCUT2D eigenvalue weighted by molar-refractivity contribution is 0.0586. The van der Waals surface area contributed by atoms with Crippen molar-refractivity contribution < 1.29 is 19.4 Å². The maximum atomic E-state index is 12.1. The molecular formula is C39H50N4O4. The second-order valence-corrected chi connectivity index (χ2v) is 14.2. The van der Waals surface area contributed by atoms with Gasteiger partial charge in [-0.2, -0.15) is 10.2 Å². The number of carbonyl (C=O) groups is 2. The standard InChI is InChI=1S/C20H26N2O2.C19H24N2O2/c1-14-8-7-9-15(2)17(14)13-22-18(19(23)24-6)12-16(21-22)10-11-20(3,4)5;1-13-7-6-8-14(2)16(13)12-21-17(18(22)23)11-15(20-21)9-10-19(3,4)5/h7-12H,13H2,1-6H3;6-11H,12H2,1-5H3,(H,22,23)/b11-10+;10-9+. The first kappa shape index (κ1) is 36.7. The van der Waals surface area contributed by atoms with Gasteiger partial charge in [0.1, 0.15) is 11.4 Å². The molecule has 0 unspecified atom stereocenters. The van der Waals surface area contributed by atoms with Crippen molar-refractivity contribution in [1.29, 1.82) is 0 Å². The van der Waals surface area contributed by atoms with E-state index in [2.05, 4.69) is 83.8 Å². The van der Waals surface area contributed by atoms with Crippen LogP contribution in [-0.2, 0) is 17.8 Å². The van der Waals surface area contributed by atoms with Crippen molar-refractivity contribution in [1.82, 2.24) is 19.6 Å². The molecule has 0 atom stereocenters. The first-order valence-corrected chi connectivity index (χ1v) is 15.8. The number of rotatable bonds is 8. The Kier molecular flexibility index (Phi) is 11.9. The lowest BCUT2D eigenvalue weighted by Gasteiger charge is -2.11. The van der Waals surface area contributed by atoms with Gasteiger partial charge in [-0.05, 0) is 96.2 Å². The van der Waals surface area contributed by atoms with E-state index in [1.807, 2.05) is 56.3 Å². The fourth-order valence-corrected chi connectivity index (χ4v) is 4.89. The van der Waals surface area contributed by atoms with Crippen LogP contribution in [-0.4, -0.2) is 43.7 Å². The number of aromatic carboxylic acids is 1. The van der Waals surface area contributed by atoms with Crippen molar-refractivity contribution in [2.75, 3.05) is 7.11 Å². The van der Waals surface area contributed by atoms with Gasteiger partial charge in [0.2, 0.25) is 0 Å². The van der Waals surface area contributed by atoms with Crippen LogP contribution < -0.4 is 0 Å². The van der Waals surface area contributed by atoms with Gasteiger partial charge in [-0.25, -0.2) is 9.59 Å². The molecule has 2 heterocycles. The zero-order valence-corrected chi connectivity index (χ0v) is 29.8. The summed E-state index contributed by atoms with van der Waals surface area (Å²) in [5, 5.41) is 18.5. The molecule has 2 aromatic heterocycles. The quantitative estimate of drug-likeness (QED) is 0.194. The molecule has 8 heteroatoms. The third-order valence-corrected chi connectivity index (χ3v) is 7.62. The van der Waals surface area contributed by atoms with Crippen molar-refractivity contribution in [3.05, 3.63) is 117 Å². The van der Waals surface area contributed by atoms with Crippen LogP contribution in [0.3, 0.4) is 0 Å². The van der Waals surface area contributed by atoms with E-state index in [1.54, 1.807) is 21.5 Å². The zero-order chi connectivity index (χ0) is 35.1. The van der Waals surface area contributed by atoms with Crippen molar-refractivity contribution in [2.24, 2.45) is 10.8 Å². The molecule has 0 fully saturated rings. The van der Waals surface area contributed by atoms with Gasteiger partial charge in [-0.15, -0.1) is 0 Å². The summed E-state index contributed by atoms with van der Waals surface area (Å²) in [4.78, 5) is 23.6. The van der Waals surface area contributed by atoms with E-state index in [0.717, 1.165) is 22.4 Å². The predicted molar refractivity (Wildman–Crippen MR) is 190 cm³/mol. The van der Waals surface area contributed by atoms with Crippen LogP contribution >= 0.6 is 0 Å². The van der Waals surface area contributed by atoms with Crippen LogP contribution in [0.25, 0.3) is 12.2 Å². The van der Waals surface area contributed by atoms with E-state index in [0.29, 0.717) is 24.5 Å². The topological polar surface area (TPSA) is 99.2 Å². The minimum atomic E-state index is -0.959. The number of allylic oxidation sites excluding steroid dienone is 2. The third kappa shape index (κ3) is 10.7. The van der Waals surface area contributed by atoms with Gasteiger partial charge in [-0.3, -0.25) is 9.36 Å². The van der Waals surface area contributed by atoms with Gasteiger partial charge in [0.15, 0.2) is 0 Å². The average Bonchev–Trinajstić information content (AvgIpc) is 3.58. The first-order valence-electron chi connectivity index (χ1n) is 15.8. The highest BCUT2D eigenvalue weighted by molar-refractivity contribution is 5.88. The van der Waals surface area contributed by atoms with E-state index < -0.39 is 5.97 Å². The summed E-state index contributed by atoms with van der Waals surface area (Å²) in [7, 11) is 1.39. The highest BCUT2D eigenvalue weighted by Gasteiger charge is 2.18. The fourth-order valence-electron chi connectivity index (χ4n) is 4.89. The Bertz CT molecular complexity index is 1730. The van der Waals surface area contributed by atoms with Crippen molar-refractivity contribution in [3.8, 4) is 0 Å². The molecule has 1 N–H and O–H groups in total. The number of nitrogens with zero attached hydrogens (tertiary/aromatic N) is 4. The molecule has 0 bridgehead atoms. The number of methoxy groups -OCH3 is 1. The molecule has 0 radical (unpaired) electrons. The third-order valence-electron chi connectivity index (χ3n) is 7.62. The zero-order valence-electron chi connectivity index (χ0n) is 29.8. The summed E-state index contributed by atoms with van der Waals surface area (Å²) >= 11 is 0. The molecule has 0 amide bonds. The molecule has 2 aromatic carbocycles. The summed E-state index contributed by atoms with van der Waals surface area (Å²) in [5.74, 6) is -1.33. The number of hydrogen-bond acceptors (Lipinski definition) is 5. The fraction of sp³-hybridized carbons (Fsp3) is 0.385. The van der Waals surface area contributed by atoms with Gasteiger partial charge in [0.05, 0.1) is 31.6 Å². The van der Waals surface area contributed by atoms with Gasteiger partial charge in [-0.1, -0.05) is 90.1 Å². The summed E-state index contributed by atoms with van der Waals surface area (Å²) in [6.07, 6.45) is 7.95. The van der Waals surface area contributed by atoms with Gasteiger partial charge < -0.3 is 9.84 Å². The summed E-state index contributed by atoms with van der Waals surface area (Å²) in [5.41, 5.74) is 9.15. The molecule has 0 aliphatic heterocycles. The van der Waals surface area contributed by atoms with Crippen LogP contribution in [0.4, 0.5) is 0 Å². The molecule has 4 rings (SSSR count). The number of ether oxygens (including phenoxy) is 1. The van der Waals surface area contributed by atoms with Crippen LogP contribution in [0.1, 0.15) is 107 Å². The number of hydrogen-bond donors (Lipinski definition) is 1. The van der Waals surface area contributed by atoms with Crippen LogP contribution in [0, 0.1) is 38.5 Å². The van der Waals surface area contributed by atoms with E-state index in [9.17, 15) is 14.7 Å². The van der Waals surface area contributed by atoms with Crippen molar-refractivity contribution in [2.45, 2.75) is 82.3 Å². The van der Waals surface area contributed by atoms with E-state index >= 15 is 0 Å². The number of esters is 1. The Morgan fingerprint density at radius 2 is 1.06 bits per heavy atom. The molecule has 4 aromatic rings.